The van der Waals surface area contributed by atoms with Crippen molar-refractivity contribution in [2.24, 2.45) is 0 Å². The van der Waals surface area contributed by atoms with E-state index in [1.54, 1.807) is 31.2 Å². The molecule has 1 atom stereocenters. The third kappa shape index (κ3) is 16.4. The molecule has 0 radical (unpaired) electrons. The van der Waals surface area contributed by atoms with Crippen molar-refractivity contribution in [1.82, 2.24) is 9.89 Å². The first kappa shape index (κ1) is 58.7. The predicted octanol–water partition coefficient (Wildman–Crippen LogP) is -0.972. The van der Waals surface area contributed by atoms with Gasteiger partial charge in [0.1, 0.15) is 29.0 Å². The van der Waals surface area contributed by atoms with Crippen molar-refractivity contribution < 1.29 is 122 Å². The molecule has 1 aliphatic carbocycles. The maximum absolute atomic E-state index is 14.1. The smallest absolute Gasteiger partial charge is 0.744 e. The van der Waals surface area contributed by atoms with Gasteiger partial charge in [-0.1, -0.05) is 33.3 Å². The Bertz CT molecular complexity index is 2610. The number of nitrogens with zero attached hydrogens (tertiary/aromatic N) is 2. The first-order valence-electron chi connectivity index (χ1n) is 20.7. The number of carbonyl (C=O) groups is 2. The maximum atomic E-state index is 14.1. The number of allylic oxidation sites excluding steroid dienone is 3. The molecule has 3 aliphatic rings. The summed E-state index contributed by atoms with van der Waals surface area (Å²) in [5.74, 6) is -1.83. The fourth-order valence-electron chi connectivity index (χ4n) is 7.94. The minimum Gasteiger partial charge on any atom is -0.744 e. The average molecular weight is 984 g/mol. The van der Waals surface area contributed by atoms with E-state index in [4.69, 9.17) is 9.15 Å². The van der Waals surface area contributed by atoms with Gasteiger partial charge in [-0.3, -0.25) is 18.7 Å². The van der Waals surface area contributed by atoms with Crippen LogP contribution in [0.5, 0.6) is 0 Å². The quantitative estimate of drug-likeness (QED) is 0.0409. The minimum atomic E-state index is -4.89. The Morgan fingerprint density at radius 3 is 2.20 bits per heavy atom. The summed E-state index contributed by atoms with van der Waals surface area (Å²) < 4.78 is 116. The van der Waals surface area contributed by atoms with Crippen molar-refractivity contribution in [1.29, 1.82) is 0 Å². The van der Waals surface area contributed by atoms with Gasteiger partial charge >= 0.3 is 65.1 Å². The van der Waals surface area contributed by atoms with E-state index in [1.165, 1.54) is 25.3 Å². The van der Waals surface area contributed by atoms with Gasteiger partial charge in [0.15, 0.2) is 11.3 Å². The molecule has 65 heavy (non-hydrogen) atoms. The topological polar surface area (TPSA) is 261 Å². The molecule has 4 rings (SSSR count). The summed E-state index contributed by atoms with van der Waals surface area (Å²) >= 11 is 0. The second-order valence-electron chi connectivity index (χ2n) is 16.7. The Morgan fingerprint density at radius 1 is 0.954 bits per heavy atom. The SMILES string of the molecule is CC[N+](CCCS(=O)(=O)O)=c1ccc2c(C(C)(C)C)cc(/C=C/C=C3/N(CCCCCC(=O)O)c4ccc(S(=O)(=O)[O-])cc4C3(C)CCCS(=O)(=O)O)oc-2c1C(=O)NCCOC.[Na+].[Na+]. The number of carboxylic acids is 1. The number of aliphatic carboxylic acids is 1. The third-order valence-corrected chi connectivity index (χ3v) is 13.4. The van der Waals surface area contributed by atoms with Gasteiger partial charge in [-0.2, -0.15) is 16.8 Å². The molecule has 4 N–H and O–H groups in total. The number of unbranched alkanes of at least 4 members (excludes halogenated alkanes) is 2. The Morgan fingerprint density at radius 2 is 1.62 bits per heavy atom. The van der Waals surface area contributed by atoms with Crippen molar-refractivity contribution in [2.75, 3.05) is 56.3 Å². The largest absolute Gasteiger partial charge is 1.00 e. The fraction of sp³-hybridized carbons (Fsp3) is 0.512. The molecule has 22 heteroatoms. The average Bonchev–Trinajstić information content (AvgIpc) is 3.39. The second kappa shape index (κ2) is 24.7. The van der Waals surface area contributed by atoms with E-state index >= 15 is 0 Å². The second-order valence-corrected chi connectivity index (χ2v) is 21.3. The van der Waals surface area contributed by atoms with Crippen LogP contribution < -0.4 is 79.3 Å². The molecule has 0 aromatic heterocycles. The van der Waals surface area contributed by atoms with Gasteiger partial charge in [-0.15, -0.1) is 0 Å². The van der Waals surface area contributed by atoms with Crippen LogP contribution in [0.2, 0.25) is 0 Å². The van der Waals surface area contributed by atoms with E-state index in [-0.39, 0.29) is 116 Å². The van der Waals surface area contributed by atoms with Gasteiger partial charge in [0, 0.05) is 61.5 Å². The number of hydrogen-bond acceptors (Lipinski definition) is 12. The van der Waals surface area contributed by atoms with Gasteiger partial charge in [0.2, 0.25) is 5.36 Å². The molecule has 1 aromatic rings. The molecule has 2 heterocycles. The summed E-state index contributed by atoms with van der Waals surface area (Å²) in [4.78, 5) is 26.8. The molecule has 0 spiro atoms. The summed E-state index contributed by atoms with van der Waals surface area (Å²) in [7, 11) is -12.0. The molecule has 0 saturated heterocycles. The summed E-state index contributed by atoms with van der Waals surface area (Å²) in [6.45, 7) is 11.0. The number of methoxy groups -OCH3 is 1. The number of benzene rings is 2. The zero-order valence-electron chi connectivity index (χ0n) is 38.5. The first-order chi connectivity index (χ1) is 29.3. The number of ether oxygens (including phenoxy) is 1. The Hall–Kier alpha value is -2.44. The Kier molecular flexibility index (Phi) is 22.3. The molecule has 1 unspecified atom stereocenters. The zero-order chi connectivity index (χ0) is 47.0. The number of hydrogen-bond donors (Lipinski definition) is 4. The predicted molar refractivity (Wildman–Crippen MR) is 238 cm³/mol. The van der Waals surface area contributed by atoms with Crippen molar-refractivity contribution in [2.45, 2.75) is 95.3 Å². The molecular weight excluding hydrogens is 925 g/mol. The molecule has 348 valence electrons. The van der Waals surface area contributed by atoms with E-state index < -0.39 is 69.5 Å². The standard InChI is InChI=1S/C43H59N3O14S3.2Na/c1-7-45(23-13-27-62(53,54)55)36-20-18-32-33(42(2,3)4)28-30(60-40(32)39(36)41(49)44-22-25-59-6)14-11-15-37-43(5,21-12-26-61(50,51)52)34-29-31(63(56,57)58)17-19-35(34)46(37)24-10-8-9-16-38(47)48;;/h11,14-15,17-20,28-29H,7-10,12-13,16,21-27H2,1-6H3,(H4-,44,47,48,49,50,51,52,53,54,55,56,57,58);;/q;2*+1. The number of fused-ring (bicyclic) bond motifs is 2. The van der Waals surface area contributed by atoms with Gasteiger partial charge in [-0.05, 0) is 98.6 Å². The summed E-state index contributed by atoms with van der Waals surface area (Å²) in [6.07, 6.45) is 6.84. The molecule has 0 saturated carbocycles. The molecule has 0 bridgehead atoms. The summed E-state index contributed by atoms with van der Waals surface area (Å²) in [6, 6.07) is 9.52. The van der Waals surface area contributed by atoms with E-state index in [1.807, 2.05) is 49.3 Å². The van der Waals surface area contributed by atoms with Crippen molar-refractivity contribution in [3.05, 3.63) is 82.1 Å². The third-order valence-electron chi connectivity index (χ3n) is 11.0. The molecule has 0 fully saturated rings. The normalized spacial score (nSPS) is 16.6. The minimum absolute atomic E-state index is 0. The maximum Gasteiger partial charge on any atom is 1.00 e. The van der Waals surface area contributed by atoms with Crippen LogP contribution >= 0.6 is 0 Å². The number of carboxylic acid groups (broad SMARTS) is 1. The first-order valence-corrected chi connectivity index (χ1v) is 25.3. The van der Waals surface area contributed by atoms with E-state index in [0.29, 0.717) is 66.0 Å². The van der Waals surface area contributed by atoms with E-state index in [2.05, 4.69) is 5.32 Å². The van der Waals surface area contributed by atoms with E-state index in [9.17, 15) is 53.6 Å². The number of amides is 1. The number of carbonyl (C=O) groups excluding carboxylic acids is 1. The summed E-state index contributed by atoms with van der Waals surface area (Å²) in [5, 5.41) is 12.5. The van der Waals surface area contributed by atoms with Crippen LogP contribution in [-0.2, 0) is 50.7 Å². The molecule has 17 nitrogen and oxygen atoms in total. The molecule has 1 amide bonds. The van der Waals surface area contributed by atoms with Gasteiger partial charge in [-0.25, -0.2) is 13.0 Å². The summed E-state index contributed by atoms with van der Waals surface area (Å²) in [5.41, 5.74) is 1.79. The van der Waals surface area contributed by atoms with E-state index in [0.717, 1.165) is 5.56 Å². The Balaban J connectivity index is 0.00000726. The molecule has 2 aliphatic heterocycles. The van der Waals surface area contributed by atoms with Crippen LogP contribution in [0, 0.1) is 0 Å². The van der Waals surface area contributed by atoms with Crippen molar-refractivity contribution >= 4 is 54.0 Å². The molecule has 1 aromatic carbocycles. The van der Waals surface area contributed by atoms with Gasteiger partial charge in [0.05, 0.1) is 23.0 Å². The van der Waals surface area contributed by atoms with Crippen LogP contribution in [0.25, 0.3) is 17.4 Å². The number of rotatable bonds is 22. The Labute approximate surface area is 427 Å². The van der Waals surface area contributed by atoms with Gasteiger partial charge < -0.3 is 29.0 Å². The van der Waals surface area contributed by atoms with Crippen LogP contribution in [0.15, 0.2) is 63.6 Å². The van der Waals surface area contributed by atoms with Crippen LogP contribution in [0.3, 0.4) is 0 Å². The monoisotopic (exact) mass is 983 g/mol. The van der Waals surface area contributed by atoms with Crippen LogP contribution in [0.1, 0.15) is 107 Å². The van der Waals surface area contributed by atoms with Crippen LogP contribution in [0.4, 0.5) is 5.69 Å². The molecular formula is C43H59N3Na2O14S3+2. The van der Waals surface area contributed by atoms with Crippen molar-refractivity contribution in [3.8, 4) is 11.3 Å². The van der Waals surface area contributed by atoms with Gasteiger partial charge in [0.25, 0.3) is 26.1 Å². The number of nitrogens with one attached hydrogen (secondary N) is 1. The number of anilines is 1. The zero-order valence-corrected chi connectivity index (χ0v) is 45.0. The van der Waals surface area contributed by atoms with Crippen LogP contribution in [-0.4, -0.2) is 107 Å². The van der Waals surface area contributed by atoms with Crippen molar-refractivity contribution in [3.63, 3.8) is 0 Å². The fourth-order valence-corrected chi connectivity index (χ4v) is 9.44.